The van der Waals surface area contributed by atoms with E-state index in [1.54, 1.807) is 42.8 Å². The van der Waals surface area contributed by atoms with Crippen molar-refractivity contribution in [2.24, 2.45) is 4.99 Å². The second kappa shape index (κ2) is 13.4. The highest BCUT2D eigenvalue weighted by Crippen LogP contribution is 2.32. The molecule has 47 heavy (non-hydrogen) atoms. The Morgan fingerprint density at radius 1 is 0.936 bits per heavy atom. The number of allylic oxidation sites excluding steroid dienone is 1. The molecule has 238 valence electrons. The third kappa shape index (κ3) is 6.43. The molecule has 10 nitrogen and oxygen atoms in total. The van der Waals surface area contributed by atoms with Crippen LogP contribution in [0.1, 0.15) is 44.9 Å². The first-order chi connectivity index (χ1) is 22.8. The van der Waals surface area contributed by atoms with Crippen LogP contribution in [0.2, 0.25) is 0 Å². The maximum atomic E-state index is 14.3. The third-order valence-electron chi connectivity index (χ3n) is 7.46. The maximum absolute atomic E-state index is 14.3. The van der Waals surface area contributed by atoms with E-state index in [0.29, 0.717) is 38.6 Å². The molecule has 0 spiro atoms. The second-order valence-corrected chi connectivity index (χ2v) is 11.6. The minimum atomic E-state index is -0.809. The molecule has 5 aromatic rings. The number of esters is 2. The Morgan fingerprint density at radius 3 is 2.30 bits per heavy atom. The van der Waals surface area contributed by atoms with Gasteiger partial charge in [0.2, 0.25) is 0 Å². The first-order valence-electron chi connectivity index (χ1n) is 15.1. The predicted molar refractivity (Wildman–Crippen MR) is 178 cm³/mol. The van der Waals surface area contributed by atoms with E-state index in [1.165, 1.54) is 22.8 Å². The Bertz CT molecular complexity index is 2160. The fourth-order valence-electron chi connectivity index (χ4n) is 5.44. The Kier molecular flexibility index (Phi) is 8.99. The van der Waals surface area contributed by atoms with Crippen molar-refractivity contribution < 1.29 is 23.8 Å². The molecule has 0 N–H and O–H groups in total. The number of carbonyl (C=O) groups excluding carboxylic acids is 2. The summed E-state index contributed by atoms with van der Waals surface area (Å²) in [5.41, 5.74) is 4.17. The van der Waals surface area contributed by atoms with E-state index >= 15 is 0 Å². The van der Waals surface area contributed by atoms with Crippen molar-refractivity contribution in [3.05, 3.63) is 127 Å². The minimum Gasteiger partial charge on any atom is -0.494 e. The number of benzene rings is 3. The number of hydrogen-bond acceptors (Lipinski definition) is 9. The molecule has 1 aliphatic rings. The van der Waals surface area contributed by atoms with Crippen LogP contribution in [0.3, 0.4) is 0 Å². The predicted octanol–water partition coefficient (Wildman–Crippen LogP) is 4.98. The summed E-state index contributed by atoms with van der Waals surface area (Å²) in [4.78, 5) is 44.2. The lowest BCUT2D eigenvalue weighted by Gasteiger charge is -2.24. The maximum Gasteiger partial charge on any atom is 0.338 e. The highest BCUT2D eigenvalue weighted by atomic mass is 32.1. The van der Waals surface area contributed by atoms with Gasteiger partial charge in [0.25, 0.3) is 5.56 Å². The molecule has 6 rings (SSSR count). The molecule has 0 radical (unpaired) electrons. The van der Waals surface area contributed by atoms with Crippen LogP contribution in [0.5, 0.6) is 11.5 Å². The average molecular weight is 649 g/mol. The molecular weight excluding hydrogens is 616 g/mol. The van der Waals surface area contributed by atoms with Crippen molar-refractivity contribution in [3.63, 3.8) is 0 Å². The lowest BCUT2D eigenvalue weighted by atomic mass is 9.96. The molecule has 0 fully saturated rings. The number of rotatable bonds is 9. The van der Waals surface area contributed by atoms with Gasteiger partial charge in [-0.05, 0) is 80.9 Å². The van der Waals surface area contributed by atoms with Gasteiger partial charge >= 0.3 is 11.9 Å². The highest BCUT2D eigenvalue weighted by molar-refractivity contribution is 7.07. The zero-order valence-corrected chi connectivity index (χ0v) is 27.1. The van der Waals surface area contributed by atoms with E-state index in [-0.39, 0.29) is 17.7 Å². The van der Waals surface area contributed by atoms with E-state index in [1.807, 2.05) is 73.8 Å². The van der Waals surface area contributed by atoms with Gasteiger partial charge in [-0.15, -0.1) is 0 Å². The van der Waals surface area contributed by atoms with Gasteiger partial charge in [-0.2, -0.15) is 5.10 Å². The quantitative estimate of drug-likeness (QED) is 0.164. The first kappa shape index (κ1) is 31.4. The number of thiazole rings is 1. The van der Waals surface area contributed by atoms with Crippen LogP contribution in [0.25, 0.3) is 23.0 Å². The van der Waals surface area contributed by atoms with E-state index < -0.39 is 18.0 Å². The standard InChI is InChI=1S/C36H32N4O6S/c1-5-44-28-16-12-24(13-17-28)32-26(21-39(38-32)27-10-8-7-9-11-27)20-30-34(42)40-33(25-14-18-29(19-15-25)46-23(4)41)31(35(43)45-6-2)22(3)37-36(40)47-30/h7-21,33H,5-6H2,1-4H3/b30-20+. The molecule has 3 heterocycles. The molecule has 0 saturated heterocycles. The molecule has 1 aliphatic heterocycles. The van der Waals surface area contributed by atoms with Crippen LogP contribution >= 0.6 is 11.3 Å². The lowest BCUT2D eigenvalue weighted by molar-refractivity contribution is -0.139. The SMILES string of the molecule is CCOC(=O)C1=C(C)N=c2s/c(=C/c3cn(-c4ccccc4)nc3-c3ccc(OCC)cc3)c(=O)n2C1c1ccc(OC(C)=O)cc1. The van der Waals surface area contributed by atoms with E-state index in [0.717, 1.165) is 22.6 Å². The van der Waals surface area contributed by atoms with Crippen LogP contribution in [0.4, 0.5) is 0 Å². The van der Waals surface area contributed by atoms with Crippen LogP contribution < -0.4 is 24.4 Å². The summed E-state index contributed by atoms with van der Waals surface area (Å²) in [6, 6.07) is 23.3. The van der Waals surface area contributed by atoms with Gasteiger partial charge < -0.3 is 14.2 Å². The van der Waals surface area contributed by atoms with Gasteiger partial charge in [-0.1, -0.05) is 41.7 Å². The Labute approximate surface area is 274 Å². The Balaban J connectivity index is 1.52. The number of aromatic nitrogens is 3. The second-order valence-electron chi connectivity index (χ2n) is 10.6. The van der Waals surface area contributed by atoms with E-state index in [2.05, 4.69) is 4.99 Å². The van der Waals surface area contributed by atoms with Gasteiger partial charge in [-0.3, -0.25) is 14.2 Å². The summed E-state index contributed by atoms with van der Waals surface area (Å²) in [6.07, 6.45) is 3.70. The van der Waals surface area contributed by atoms with Gasteiger partial charge in [0.15, 0.2) is 4.80 Å². The monoisotopic (exact) mass is 648 g/mol. The number of fused-ring (bicyclic) bond motifs is 1. The molecule has 0 amide bonds. The number of ether oxygens (including phenoxy) is 3. The van der Waals surface area contributed by atoms with Crippen molar-refractivity contribution >= 4 is 29.4 Å². The van der Waals surface area contributed by atoms with Gasteiger partial charge in [0.1, 0.15) is 17.2 Å². The summed E-state index contributed by atoms with van der Waals surface area (Å²) in [7, 11) is 0. The van der Waals surface area contributed by atoms with E-state index in [9.17, 15) is 14.4 Å². The van der Waals surface area contributed by atoms with Gasteiger partial charge in [-0.25, -0.2) is 14.5 Å². The van der Waals surface area contributed by atoms with Crippen LogP contribution in [0.15, 0.2) is 106 Å². The van der Waals surface area contributed by atoms with Crippen LogP contribution in [-0.2, 0) is 14.3 Å². The fourth-order valence-corrected chi connectivity index (χ4v) is 6.48. The summed E-state index contributed by atoms with van der Waals surface area (Å²) >= 11 is 1.23. The molecular formula is C36H32N4O6S. The minimum absolute atomic E-state index is 0.165. The normalized spacial score (nSPS) is 14.4. The number of nitrogens with zero attached hydrogens (tertiary/aromatic N) is 4. The molecule has 1 unspecified atom stereocenters. The highest BCUT2D eigenvalue weighted by Gasteiger charge is 2.33. The van der Waals surface area contributed by atoms with Crippen molar-refractivity contribution in [1.29, 1.82) is 0 Å². The van der Waals surface area contributed by atoms with Crippen molar-refractivity contribution in [2.75, 3.05) is 13.2 Å². The van der Waals surface area contributed by atoms with Crippen molar-refractivity contribution in [3.8, 4) is 28.4 Å². The average Bonchev–Trinajstić information content (AvgIpc) is 3.62. The molecule has 0 saturated carbocycles. The lowest BCUT2D eigenvalue weighted by Crippen LogP contribution is -2.39. The van der Waals surface area contributed by atoms with Crippen molar-refractivity contribution in [1.82, 2.24) is 14.3 Å². The van der Waals surface area contributed by atoms with Crippen LogP contribution in [0, 0.1) is 0 Å². The van der Waals surface area contributed by atoms with Crippen molar-refractivity contribution in [2.45, 2.75) is 33.7 Å². The number of hydrogen-bond donors (Lipinski definition) is 0. The first-order valence-corrected chi connectivity index (χ1v) is 16.0. The van der Waals surface area contributed by atoms with Gasteiger partial charge in [0, 0.05) is 24.2 Å². The zero-order chi connectivity index (χ0) is 33.1. The molecule has 11 heteroatoms. The number of para-hydroxylation sites is 1. The molecule has 2 aromatic heterocycles. The smallest absolute Gasteiger partial charge is 0.338 e. The molecule has 3 aromatic carbocycles. The summed E-state index contributed by atoms with van der Waals surface area (Å²) in [5, 5.41) is 4.90. The molecule has 0 bridgehead atoms. The summed E-state index contributed by atoms with van der Waals surface area (Å²) in [5.74, 6) is 0.0967. The third-order valence-corrected chi connectivity index (χ3v) is 8.45. The molecule has 1 atom stereocenters. The summed E-state index contributed by atoms with van der Waals surface area (Å²) in [6.45, 7) is 7.44. The molecule has 0 aliphatic carbocycles. The Morgan fingerprint density at radius 2 is 1.64 bits per heavy atom. The van der Waals surface area contributed by atoms with Gasteiger partial charge in [0.05, 0.1) is 40.7 Å². The van der Waals surface area contributed by atoms with Crippen LogP contribution in [-0.4, -0.2) is 39.5 Å². The summed E-state index contributed by atoms with van der Waals surface area (Å²) < 4.78 is 20.0. The fraction of sp³-hybridized carbons (Fsp3) is 0.194. The Hall–Kier alpha value is -5.55. The topological polar surface area (TPSA) is 114 Å². The van der Waals surface area contributed by atoms with E-state index in [4.69, 9.17) is 19.3 Å². The number of carbonyl (C=O) groups is 2. The zero-order valence-electron chi connectivity index (χ0n) is 26.3. The largest absolute Gasteiger partial charge is 0.494 e.